The van der Waals surface area contributed by atoms with Crippen molar-refractivity contribution < 1.29 is 26.5 Å². The van der Waals surface area contributed by atoms with Gasteiger partial charge in [-0.3, -0.25) is 9.55 Å². The van der Waals surface area contributed by atoms with Gasteiger partial charge in [0.15, 0.2) is 10.9 Å². The van der Waals surface area contributed by atoms with Gasteiger partial charge in [-0.05, 0) is 12.1 Å². The largest absolute Gasteiger partial charge is 0.366 e. The molecule has 1 heterocycles. The molecule has 142 valence electrons. The summed E-state index contributed by atoms with van der Waals surface area (Å²) in [6.07, 6.45) is 0.715. The number of hydrogen-bond donors (Lipinski definition) is 3. The zero-order chi connectivity index (χ0) is 19.6. The maximum atomic E-state index is 11.5. The average molecular weight is 432 g/mol. The molecule has 0 radical (unpaired) electrons. The number of hydrogen-bond acceptors (Lipinski definition) is 7. The van der Waals surface area contributed by atoms with Crippen LogP contribution in [0.15, 0.2) is 28.1 Å². The van der Waals surface area contributed by atoms with E-state index in [4.69, 9.17) is 21.3 Å². The molecule has 2 rings (SSSR count). The van der Waals surface area contributed by atoms with Crippen LogP contribution in [0.4, 0.5) is 0 Å². The van der Waals surface area contributed by atoms with Crippen molar-refractivity contribution in [1.29, 1.82) is 0 Å². The molecule has 0 bridgehead atoms. The topological polar surface area (TPSA) is 150 Å². The molecular weight excluding hydrogens is 414 g/mol. The first-order valence-electron chi connectivity index (χ1n) is 6.51. The lowest BCUT2D eigenvalue weighted by atomic mass is 10.0. The fourth-order valence-electron chi connectivity index (χ4n) is 1.98. The summed E-state index contributed by atoms with van der Waals surface area (Å²) in [4.78, 5) is 5.44. The van der Waals surface area contributed by atoms with Gasteiger partial charge in [0.2, 0.25) is 10.0 Å². The normalized spacial score (nSPS) is 22.7. The Morgan fingerprint density at radius 3 is 2.28 bits per heavy atom. The molecule has 0 amide bonds. The van der Waals surface area contributed by atoms with Gasteiger partial charge in [0.25, 0.3) is 10.1 Å². The summed E-state index contributed by atoms with van der Waals surface area (Å²) < 4.78 is 48.9. The predicted molar refractivity (Wildman–Crippen MR) is 97.8 cm³/mol. The Hall–Kier alpha value is -0.890. The maximum Gasteiger partial charge on any atom is 0.261 e. The number of sulfonamides is 1. The second kappa shape index (κ2) is 7.78. The number of halogens is 1. The summed E-state index contributed by atoms with van der Waals surface area (Å²) in [7, 11) is -4.30. The van der Waals surface area contributed by atoms with Crippen LogP contribution in [-0.4, -0.2) is 62.7 Å². The summed E-state index contributed by atoms with van der Waals surface area (Å²) in [6.45, 7) is 0. The Bertz CT molecular complexity index is 879. The van der Waals surface area contributed by atoms with Gasteiger partial charge >= 0.3 is 0 Å². The van der Waals surface area contributed by atoms with Crippen molar-refractivity contribution in [1.82, 2.24) is 4.90 Å². The molecule has 0 spiro atoms. The lowest BCUT2D eigenvalue weighted by Crippen LogP contribution is -2.42. The van der Waals surface area contributed by atoms with Gasteiger partial charge in [-0.15, -0.1) is 0 Å². The van der Waals surface area contributed by atoms with Gasteiger partial charge < -0.3 is 10.0 Å². The second-order valence-corrected chi connectivity index (χ2v) is 9.44. The molecule has 1 atom stereocenters. The van der Waals surface area contributed by atoms with Crippen LogP contribution in [-0.2, 0) is 25.9 Å². The zero-order valence-electron chi connectivity index (χ0n) is 13.5. The summed E-state index contributed by atoms with van der Waals surface area (Å²) in [5.74, 6) is 0.335. The Morgan fingerprint density at radius 2 is 1.88 bits per heavy atom. The molecule has 1 aromatic carbocycles. The number of primary sulfonamides is 1. The van der Waals surface area contributed by atoms with Crippen molar-refractivity contribution in [2.24, 2.45) is 10.1 Å². The van der Waals surface area contributed by atoms with E-state index in [-0.39, 0.29) is 9.92 Å². The van der Waals surface area contributed by atoms with Gasteiger partial charge in [0.1, 0.15) is 4.90 Å². The summed E-state index contributed by atoms with van der Waals surface area (Å²) in [5, 5.41) is 16.6. The molecule has 13 heteroatoms. The fraction of sp³-hybridized carbons (Fsp3) is 0.417. The van der Waals surface area contributed by atoms with Gasteiger partial charge in [0.05, 0.1) is 17.0 Å². The summed E-state index contributed by atoms with van der Waals surface area (Å²) in [5.41, 5.74) is -0.941. The molecule has 25 heavy (non-hydrogen) atoms. The van der Waals surface area contributed by atoms with Crippen molar-refractivity contribution in [2.75, 3.05) is 26.1 Å². The van der Waals surface area contributed by atoms with E-state index in [1.54, 1.807) is 25.1 Å². The lowest BCUT2D eigenvalue weighted by Gasteiger charge is -2.31. The number of aliphatic hydroxyl groups is 1. The monoisotopic (exact) mass is 431 g/mol. The van der Waals surface area contributed by atoms with E-state index in [1.807, 2.05) is 0 Å². The first-order valence-corrected chi connectivity index (χ1v) is 11.3. The van der Waals surface area contributed by atoms with Gasteiger partial charge in [0, 0.05) is 19.7 Å². The minimum Gasteiger partial charge on any atom is -0.366 e. The first kappa shape index (κ1) is 22.2. The highest BCUT2D eigenvalue weighted by Crippen LogP contribution is 2.39. The highest BCUT2D eigenvalue weighted by molar-refractivity contribution is 8.14. The fourth-order valence-corrected chi connectivity index (χ4v) is 4.21. The smallest absolute Gasteiger partial charge is 0.261 e. The molecule has 0 aromatic heterocycles. The number of thioether (sulfide) groups is 1. The van der Waals surface area contributed by atoms with Gasteiger partial charge in [-0.1, -0.05) is 29.4 Å². The molecule has 1 saturated heterocycles. The third-order valence-electron chi connectivity index (χ3n) is 3.14. The number of benzene rings is 1. The van der Waals surface area contributed by atoms with Crippen molar-refractivity contribution in [2.45, 2.75) is 10.6 Å². The molecule has 9 nitrogen and oxygen atoms in total. The van der Waals surface area contributed by atoms with Crippen LogP contribution < -0.4 is 5.14 Å². The van der Waals surface area contributed by atoms with Gasteiger partial charge in [-0.2, -0.15) is 8.42 Å². The quantitative estimate of drug-likeness (QED) is 0.565. The van der Waals surface area contributed by atoms with E-state index in [0.29, 0.717) is 22.7 Å². The summed E-state index contributed by atoms with van der Waals surface area (Å²) >= 11 is 7.22. The number of rotatable bonds is 2. The van der Waals surface area contributed by atoms with E-state index in [9.17, 15) is 21.9 Å². The summed E-state index contributed by atoms with van der Waals surface area (Å²) in [6, 6.07) is 4.29. The number of aliphatic imine (C=N–C) groups is 1. The van der Waals surface area contributed by atoms with E-state index in [0.717, 1.165) is 0 Å². The van der Waals surface area contributed by atoms with Crippen LogP contribution in [0.3, 0.4) is 0 Å². The number of amidine groups is 1. The Kier molecular flexibility index (Phi) is 6.89. The Labute approximate surface area is 155 Å². The van der Waals surface area contributed by atoms with Crippen LogP contribution in [0.1, 0.15) is 5.56 Å². The molecule has 1 aliphatic rings. The zero-order valence-corrected chi connectivity index (χ0v) is 16.7. The molecule has 1 fully saturated rings. The van der Waals surface area contributed by atoms with Crippen LogP contribution in [0.2, 0.25) is 5.02 Å². The third-order valence-corrected chi connectivity index (χ3v) is 5.79. The van der Waals surface area contributed by atoms with E-state index >= 15 is 0 Å². The Balaban J connectivity index is 0.000000550. The van der Waals surface area contributed by atoms with Gasteiger partial charge in [-0.25, -0.2) is 13.6 Å². The van der Waals surface area contributed by atoms with Crippen LogP contribution >= 0.6 is 23.4 Å². The van der Waals surface area contributed by atoms with Crippen LogP contribution in [0, 0.1) is 0 Å². The molecule has 4 N–H and O–H groups in total. The minimum atomic E-state index is -3.95. The molecule has 0 aliphatic carbocycles. The highest BCUT2D eigenvalue weighted by Gasteiger charge is 2.42. The standard InChI is InChI=1S/C11H14ClN3O3S2.CH4O3S/c1-14-10-15(2)11(16,6-19-10)7-3-4-8(12)9(5-7)20(13,17)18;1-5(2,3)4/h3-5,16H,6H2,1-2H3,(H2,13,17,18);1H3,(H,2,3,4). The van der Waals surface area contributed by atoms with Crippen molar-refractivity contribution in [3.8, 4) is 0 Å². The van der Waals surface area contributed by atoms with Crippen LogP contribution in [0.5, 0.6) is 0 Å². The molecular formula is C12H18ClN3O6S3. The second-order valence-electron chi connectivity index (χ2n) is 5.09. The highest BCUT2D eigenvalue weighted by atomic mass is 35.5. The first-order chi connectivity index (χ1) is 11.2. The van der Waals surface area contributed by atoms with Crippen molar-refractivity contribution >= 4 is 48.7 Å². The molecule has 0 saturated carbocycles. The molecule has 1 aliphatic heterocycles. The SMILES string of the molecule is CN=C1SCC(O)(c2ccc(Cl)c(S(N)(=O)=O)c2)N1C.CS(=O)(=O)O. The maximum absolute atomic E-state index is 11.5. The minimum absolute atomic E-state index is 0.0255. The molecule has 1 aromatic rings. The third kappa shape index (κ3) is 5.81. The number of nitrogens with zero attached hydrogens (tertiary/aromatic N) is 2. The van der Waals surface area contributed by atoms with Crippen molar-refractivity contribution in [3.63, 3.8) is 0 Å². The average Bonchev–Trinajstić information content (AvgIpc) is 2.73. The van der Waals surface area contributed by atoms with Crippen LogP contribution in [0.25, 0.3) is 0 Å². The number of nitrogens with two attached hydrogens (primary N) is 1. The van der Waals surface area contributed by atoms with E-state index < -0.39 is 25.9 Å². The predicted octanol–water partition coefficient (Wildman–Crippen LogP) is 0.301. The molecule has 1 unspecified atom stereocenters. The lowest BCUT2D eigenvalue weighted by molar-refractivity contribution is -0.0349. The Morgan fingerprint density at radius 1 is 1.36 bits per heavy atom. The van der Waals surface area contributed by atoms with Crippen molar-refractivity contribution in [3.05, 3.63) is 28.8 Å². The van der Waals surface area contributed by atoms with E-state index in [2.05, 4.69) is 4.99 Å². The van der Waals surface area contributed by atoms with E-state index in [1.165, 1.54) is 23.9 Å².